The summed E-state index contributed by atoms with van der Waals surface area (Å²) in [5, 5.41) is 11.6. The number of hydrogen-bond donors (Lipinski definition) is 1. The van der Waals surface area contributed by atoms with Crippen LogP contribution in [-0.4, -0.2) is 77.0 Å². The van der Waals surface area contributed by atoms with Gasteiger partial charge in [-0.05, 0) is 28.5 Å². The zero-order valence-electron chi connectivity index (χ0n) is 18.5. The molecule has 2 aromatic rings. The Labute approximate surface area is 187 Å². The molecule has 1 unspecified atom stereocenters. The molecule has 174 valence electrons. The van der Waals surface area contributed by atoms with Crippen LogP contribution in [0, 0.1) is 0 Å². The molecule has 0 aliphatic heterocycles. The van der Waals surface area contributed by atoms with E-state index in [0.717, 1.165) is 10.8 Å². The third-order valence-corrected chi connectivity index (χ3v) is 4.56. The Kier molecular flexibility index (Phi) is 11.4. The number of hydrogen-bond acceptors (Lipinski definition) is 7. The SMILES string of the molecule is COCCOCCC(COCCOC)OC(=O)C(=Cc1ccc2ccccc2c1)C(=O)O. The molecule has 0 aromatic heterocycles. The molecule has 1 atom stereocenters. The number of ether oxygens (including phenoxy) is 5. The highest BCUT2D eigenvalue weighted by Crippen LogP contribution is 2.18. The number of carbonyl (C=O) groups excluding carboxylic acids is 1. The van der Waals surface area contributed by atoms with Crippen molar-refractivity contribution in [1.82, 2.24) is 0 Å². The Bertz CT molecular complexity index is 892. The predicted octanol–water partition coefficient (Wildman–Crippen LogP) is 2.94. The van der Waals surface area contributed by atoms with Gasteiger partial charge in [0.05, 0.1) is 39.6 Å². The van der Waals surface area contributed by atoms with Gasteiger partial charge in [-0.1, -0.05) is 36.4 Å². The van der Waals surface area contributed by atoms with E-state index in [1.807, 2.05) is 36.4 Å². The highest BCUT2D eigenvalue weighted by Gasteiger charge is 2.23. The molecule has 2 rings (SSSR count). The average molecular weight is 446 g/mol. The lowest BCUT2D eigenvalue weighted by Crippen LogP contribution is -2.28. The van der Waals surface area contributed by atoms with E-state index in [9.17, 15) is 14.7 Å². The molecule has 0 saturated carbocycles. The number of carbonyl (C=O) groups is 2. The van der Waals surface area contributed by atoms with Crippen molar-refractivity contribution in [1.29, 1.82) is 0 Å². The highest BCUT2D eigenvalue weighted by atomic mass is 16.6. The van der Waals surface area contributed by atoms with Crippen LogP contribution >= 0.6 is 0 Å². The first kappa shape index (κ1) is 25.5. The first-order valence-electron chi connectivity index (χ1n) is 10.3. The second-order valence-corrected chi connectivity index (χ2v) is 6.96. The van der Waals surface area contributed by atoms with E-state index >= 15 is 0 Å². The summed E-state index contributed by atoms with van der Waals surface area (Å²) in [6.45, 7) is 1.99. The van der Waals surface area contributed by atoms with E-state index in [1.165, 1.54) is 6.08 Å². The number of benzene rings is 2. The summed E-state index contributed by atoms with van der Waals surface area (Å²) >= 11 is 0. The lowest BCUT2D eigenvalue weighted by atomic mass is 10.0. The molecule has 0 aliphatic carbocycles. The first-order chi connectivity index (χ1) is 15.5. The van der Waals surface area contributed by atoms with Crippen LogP contribution in [0.2, 0.25) is 0 Å². The quantitative estimate of drug-likeness (QED) is 0.147. The van der Waals surface area contributed by atoms with Crippen molar-refractivity contribution in [3.8, 4) is 0 Å². The fraction of sp³-hybridized carbons (Fsp3) is 0.417. The van der Waals surface area contributed by atoms with Crippen molar-refractivity contribution in [2.45, 2.75) is 12.5 Å². The topological polar surface area (TPSA) is 101 Å². The van der Waals surface area contributed by atoms with Crippen LogP contribution in [0.1, 0.15) is 12.0 Å². The summed E-state index contributed by atoms with van der Waals surface area (Å²) in [6, 6.07) is 13.1. The summed E-state index contributed by atoms with van der Waals surface area (Å²) in [6.07, 6.45) is 1.00. The summed E-state index contributed by atoms with van der Waals surface area (Å²) in [5.74, 6) is -2.29. The molecule has 0 fully saturated rings. The summed E-state index contributed by atoms with van der Waals surface area (Å²) in [7, 11) is 3.13. The summed E-state index contributed by atoms with van der Waals surface area (Å²) in [4.78, 5) is 24.4. The fourth-order valence-electron chi connectivity index (χ4n) is 2.88. The van der Waals surface area contributed by atoms with Crippen LogP contribution in [0.5, 0.6) is 0 Å². The van der Waals surface area contributed by atoms with E-state index in [0.29, 0.717) is 45.0 Å². The molecule has 0 heterocycles. The van der Waals surface area contributed by atoms with E-state index < -0.39 is 23.6 Å². The van der Waals surface area contributed by atoms with Crippen LogP contribution in [0.3, 0.4) is 0 Å². The smallest absolute Gasteiger partial charge is 0.345 e. The van der Waals surface area contributed by atoms with Crippen LogP contribution in [0.15, 0.2) is 48.0 Å². The van der Waals surface area contributed by atoms with Crippen LogP contribution in [0.4, 0.5) is 0 Å². The maximum Gasteiger partial charge on any atom is 0.345 e. The maximum atomic E-state index is 12.7. The molecule has 0 saturated heterocycles. The van der Waals surface area contributed by atoms with Gasteiger partial charge in [-0.3, -0.25) is 0 Å². The minimum absolute atomic E-state index is 0.103. The van der Waals surface area contributed by atoms with Gasteiger partial charge in [0.1, 0.15) is 11.7 Å². The van der Waals surface area contributed by atoms with Crippen molar-refractivity contribution < 1.29 is 38.4 Å². The minimum atomic E-state index is -1.36. The van der Waals surface area contributed by atoms with Crippen LogP contribution < -0.4 is 0 Å². The zero-order chi connectivity index (χ0) is 23.2. The first-order valence-corrected chi connectivity index (χ1v) is 10.3. The Morgan fingerprint density at radius 3 is 2.28 bits per heavy atom. The van der Waals surface area contributed by atoms with Gasteiger partial charge in [0.25, 0.3) is 0 Å². The summed E-state index contributed by atoms with van der Waals surface area (Å²) in [5.41, 5.74) is 0.135. The molecule has 0 radical (unpaired) electrons. The molecular formula is C24H30O8. The zero-order valence-corrected chi connectivity index (χ0v) is 18.5. The fourth-order valence-corrected chi connectivity index (χ4v) is 2.88. The van der Waals surface area contributed by atoms with Gasteiger partial charge in [-0.2, -0.15) is 0 Å². The molecule has 2 aromatic carbocycles. The third-order valence-electron chi connectivity index (χ3n) is 4.56. The highest BCUT2D eigenvalue weighted by molar-refractivity contribution is 6.17. The largest absolute Gasteiger partial charge is 0.477 e. The van der Waals surface area contributed by atoms with Gasteiger partial charge in [0, 0.05) is 20.6 Å². The predicted molar refractivity (Wildman–Crippen MR) is 119 cm³/mol. The Morgan fingerprint density at radius 2 is 1.59 bits per heavy atom. The van der Waals surface area contributed by atoms with Gasteiger partial charge in [0.15, 0.2) is 0 Å². The number of carboxylic acid groups (broad SMARTS) is 1. The normalized spacial score (nSPS) is 12.6. The third kappa shape index (κ3) is 8.76. The number of aliphatic carboxylic acids is 1. The molecule has 8 nitrogen and oxygen atoms in total. The Morgan fingerprint density at radius 1 is 0.906 bits per heavy atom. The number of rotatable bonds is 15. The molecule has 0 spiro atoms. The van der Waals surface area contributed by atoms with E-state index in [1.54, 1.807) is 20.3 Å². The van der Waals surface area contributed by atoms with Crippen molar-refractivity contribution in [2.75, 3.05) is 53.9 Å². The van der Waals surface area contributed by atoms with Crippen LogP contribution in [-0.2, 0) is 33.3 Å². The number of methoxy groups -OCH3 is 2. The standard InChI is InChI=1S/C24H30O8/c1-28-11-13-30-10-9-21(17-31-14-12-29-2)32-24(27)22(23(25)26)16-18-7-8-19-5-3-4-6-20(19)15-18/h3-8,15-16,21H,9-14,17H2,1-2H3,(H,25,26). The number of carboxylic acids is 1. The molecule has 0 aliphatic rings. The van der Waals surface area contributed by atoms with Gasteiger partial charge in [-0.15, -0.1) is 0 Å². The van der Waals surface area contributed by atoms with Gasteiger partial charge < -0.3 is 28.8 Å². The van der Waals surface area contributed by atoms with E-state index in [-0.39, 0.29) is 6.61 Å². The molecule has 0 bridgehead atoms. The Hall–Kier alpha value is -2.78. The van der Waals surface area contributed by atoms with Gasteiger partial charge >= 0.3 is 11.9 Å². The van der Waals surface area contributed by atoms with E-state index in [2.05, 4.69) is 0 Å². The van der Waals surface area contributed by atoms with E-state index in [4.69, 9.17) is 23.7 Å². The number of fused-ring (bicyclic) bond motifs is 1. The maximum absolute atomic E-state index is 12.7. The lowest BCUT2D eigenvalue weighted by molar-refractivity contribution is -0.151. The van der Waals surface area contributed by atoms with Gasteiger partial charge in [0.2, 0.25) is 0 Å². The lowest BCUT2D eigenvalue weighted by Gasteiger charge is -2.18. The molecule has 1 N–H and O–H groups in total. The molecule has 32 heavy (non-hydrogen) atoms. The second kappa shape index (κ2) is 14.3. The van der Waals surface area contributed by atoms with Crippen molar-refractivity contribution in [3.05, 3.63) is 53.6 Å². The van der Waals surface area contributed by atoms with Crippen LogP contribution in [0.25, 0.3) is 16.8 Å². The molecule has 0 amide bonds. The van der Waals surface area contributed by atoms with Crippen molar-refractivity contribution >= 4 is 28.8 Å². The monoisotopic (exact) mass is 446 g/mol. The second-order valence-electron chi connectivity index (χ2n) is 6.96. The molecule has 8 heteroatoms. The molecular weight excluding hydrogens is 416 g/mol. The van der Waals surface area contributed by atoms with Gasteiger partial charge in [-0.25, -0.2) is 9.59 Å². The average Bonchev–Trinajstić information content (AvgIpc) is 2.79. The minimum Gasteiger partial charge on any atom is -0.477 e. The Balaban J connectivity index is 2.08. The summed E-state index contributed by atoms with van der Waals surface area (Å²) < 4.78 is 26.2. The van der Waals surface area contributed by atoms with Crippen molar-refractivity contribution in [3.63, 3.8) is 0 Å². The number of esters is 1. The van der Waals surface area contributed by atoms with Crippen molar-refractivity contribution in [2.24, 2.45) is 0 Å².